The van der Waals surface area contributed by atoms with Crippen LogP contribution in [0.15, 0.2) is 0 Å². The van der Waals surface area contributed by atoms with Crippen molar-refractivity contribution in [3.63, 3.8) is 0 Å². The zero-order valence-corrected chi connectivity index (χ0v) is 21.4. The molecule has 0 aromatic rings. The average Bonchev–Trinajstić information content (AvgIpc) is 2.79. The van der Waals surface area contributed by atoms with Crippen molar-refractivity contribution in [1.82, 2.24) is 16.0 Å². The van der Waals surface area contributed by atoms with Gasteiger partial charge in [0.05, 0.1) is 0 Å². The van der Waals surface area contributed by atoms with Gasteiger partial charge < -0.3 is 21.7 Å². The summed E-state index contributed by atoms with van der Waals surface area (Å²) >= 11 is 0. The normalized spacial score (nSPS) is 10.8. The van der Waals surface area contributed by atoms with E-state index in [4.69, 9.17) is 5.73 Å². The molecule has 194 valence electrons. The SMILES string of the molecule is CCCCCCCCCCCCCC(=O)NCCNCCCCCCNC(=O)CCC(N)=O. The smallest absolute Gasteiger partial charge is 0.220 e. The summed E-state index contributed by atoms with van der Waals surface area (Å²) in [5.74, 6) is -0.381. The molecule has 0 radical (unpaired) electrons. The Kier molecular flexibility index (Phi) is 23.8. The fourth-order valence-corrected chi connectivity index (χ4v) is 3.73. The maximum atomic E-state index is 11.9. The third-order valence-electron chi connectivity index (χ3n) is 5.83. The molecular weight excluding hydrogens is 416 g/mol. The van der Waals surface area contributed by atoms with Gasteiger partial charge in [-0.05, 0) is 25.8 Å². The second-order valence-corrected chi connectivity index (χ2v) is 9.12. The highest BCUT2D eigenvalue weighted by Gasteiger charge is 2.03. The molecule has 5 N–H and O–H groups in total. The van der Waals surface area contributed by atoms with Crippen LogP contribution in [0.2, 0.25) is 0 Å². The van der Waals surface area contributed by atoms with Crippen molar-refractivity contribution in [2.24, 2.45) is 5.73 Å². The summed E-state index contributed by atoms with van der Waals surface area (Å²) in [7, 11) is 0. The lowest BCUT2D eigenvalue weighted by atomic mass is 10.1. The van der Waals surface area contributed by atoms with E-state index in [0.717, 1.165) is 45.2 Å². The van der Waals surface area contributed by atoms with Crippen molar-refractivity contribution in [1.29, 1.82) is 0 Å². The first-order valence-corrected chi connectivity index (χ1v) is 13.6. The number of amides is 3. The number of hydrogen-bond donors (Lipinski definition) is 4. The minimum atomic E-state index is -0.443. The monoisotopic (exact) mass is 468 g/mol. The van der Waals surface area contributed by atoms with E-state index in [0.29, 0.717) is 19.5 Å². The first-order chi connectivity index (χ1) is 16.1. The van der Waals surface area contributed by atoms with E-state index >= 15 is 0 Å². The molecule has 0 heterocycles. The Labute approximate surface area is 202 Å². The Morgan fingerprint density at radius 1 is 0.515 bits per heavy atom. The molecule has 0 rings (SSSR count). The Morgan fingerprint density at radius 2 is 1.00 bits per heavy atom. The van der Waals surface area contributed by atoms with Crippen LogP contribution >= 0.6 is 0 Å². The number of carbonyl (C=O) groups excluding carboxylic acids is 3. The van der Waals surface area contributed by atoms with Crippen molar-refractivity contribution in [2.45, 2.75) is 122 Å². The van der Waals surface area contributed by atoms with Crippen molar-refractivity contribution in [3.05, 3.63) is 0 Å². The van der Waals surface area contributed by atoms with Crippen LogP contribution in [0, 0.1) is 0 Å². The van der Waals surface area contributed by atoms with E-state index in [1.165, 1.54) is 64.2 Å². The average molecular weight is 469 g/mol. The maximum absolute atomic E-state index is 11.9. The zero-order valence-electron chi connectivity index (χ0n) is 21.4. The molecule has 0 saturated heterocycles. The van der Waals surface area contributed by atoms with Gasteiger partial charge in [0, 0.05) is 38.9 Å². The van der Waals surface area contributed by atoms with Gasteiger partial charge in [-0.1, -0.05) is 84.0 Å². The van der Waals surface area contributed by atoms with Crippen LogP contribution in [0.4, 0.5) is 0 Å². The van der Waals surface area contributed by atoms with Crippen LogP contribution in [-0.2, 0) is 14.4 Å². The molecule has 0 aliphatic carbocycles. The number of rotatable bonds is 25. The third-order valence-corrected chi connectivity index (χ3v) is 5.83. The summed E-state index contributed by atoms with van der Waals surface area (Å²) < 4.78 is 0. The summed E-state index contributed by atoms with van der Waals surface area (Å²) in [6, 6.07) is 0. The van der Waals surface area contributed by atoms with Crippen LogP contribution in [0.25, 0.3) is 0 Å². The molecule has 0 atom stereocenters. The molecule has 0 aromatic carbocycles. The van der Waals surface area contributed by atoms with E-state index in [2.05, 4.69) is 22.9 Å². The summed E-state index contributed by atoms with van der Waals surface area (Å²) in [6.45, 7) is 5.35. The number of hydrogen-bond acceptors (Lipinski definition) is 4. The van der Waals surface area contributed by atoms with E-state index in [-0.39, 0.29) is 24.7 Å². The summed E-state index contributed by atoms with van der Waals surface area (Å²) in [5, 5.41) is 9.16. The van der Waals surface area contributed by atoms with Gasteiger partial charge in [-0.25, -0.2) is 0 Å². The largest absolute Gasteiger partial charge is 0.370 e. The molecule has 7 nitrogen and oxygen atoms in total. The lowest BCUT2D eigenvalue weighted by Gasteiger charge is -2.07. The van der Waals surface area contributed by atoms with Gasteiger partial charge in [-0.3, -0.25) is 14.4 Å². The lowest BCUT2D eigenvalue weighted by molar-refractivity contribution is -0.125. The van der Waals surface area contributed by atoms with Crippen molar-refractivity contribution in [3.8, 4) is 0 Å². The first-order valence-electron chi connectivity index (χ1n) is 13.6. The van der Waals surface area contributed by atoms with Crippen molar-refractivity contribution < 1.29 is 14.4 Å². The molecule has 0 unspecified atom stereocenters. The van der Waals surface area contributed by atoms with Gasteiger partial charge in [0.25, 0.3) is 0 Å². The van der Waals surface area contributed by atoms with E-state index in [1.807, 2.05) is 0 Å². The van der Waals surface area contributed by atoms with Crippen LogP contribution in [0.5, 0.6) is 0 Å². The van der Waals surface area contributed by atoms with Gasteiger partial charge >= 0.3 is 0 Å². The lowest BCUT2D eigenvalue weighted by Crippen LogP contribution is -2.32. The van der Waals surface area contributed by atoms with E-state index < -0.39 is 5.91 Å². The second kappa shape index (κ2) is 25.0. The fraction of sp³-hybridized carbons (Fsp3) is 0.885. The predicted molar refractivity (Wildman–Crippen MR) is 137 cm³/mol. The number of nitrogens with one attached hydrogen (secondary N) is 3. The second-order valence-electron chi connectivity index (χ2n) is 9.12. The van der Waals surface area contributed by atoms with Crippen LogP contribution in [0.1, 0.15) is 122 Å². The predicted octanol–water partition coefficient (Wildman–Crippen LogP) is 4.34. The number of nitrogens with two attached hydrogens (primary N) is 1. The minimum Gasteiger partial charge on any atom is -0.370 e. The van der Waals surface area contributed by atoms with Crippen LogP contribution in [0.3, 0.4) is 0 Å². The molecule has 0 aliphatic rings. The van der Waals surface area contributed by atoms with Crippen LogP contribution in [-0.4, -0.2) is 43.9 Å². The molecule has 7 heteroatoms. The van der Waals surface area contributed by atoms with Gasteiger partial charge in [0.15, 0.2) is 0 Å². The van der Waals surface area contributed by atoms with Gasteiger partial charge in [-0.15, -0.1) is 0 Å². The summed E-state index contributed by atoms with van der Waals surface area (Å²) in [4.78, 5) is 33.9. The highest BCUT2D eigenvalue weighted by molar-refractivity contribution is 5.82. The van der Waals surface area contributed by atoms with E-state index in [9.17, 15) is 14.4 Å². The Bertz CT molecular complexity index is 486. The number of primary amides is 1. The highest BCUT2D eigenvalue weighted by Crippen LogP contribution is 2.11. The van der Waals surface area contributed by atoms with Gasteiger partial charge in [0.1, 0.15) is 0 Å². The van der Waals surface area contributed by atoms with Gasteiger partial charge in [-0.2, -0.15) is 0 Å². The van der Waals surface area contributed by atoms with Crippen LogP contribution < -0.4 is 21.7 Å². The highest BCUT2D eigenvalue weighted by atomic mass is 16.2. The van der Waals surface area contributed by atoms with Crippen molar-refractivity contribution in [2.75, 3.05) is 26.2 Å². The minimum absolute atomic E-state index is 0.108. The summed E-state index contributed by atoms with van der Waals surface area (Å²) in [5.41, 5.74) is 5.02. The summed E-state index contributed by atoms with van der Waals surface area (Å²) in [6.07, 6.45) is 19.5. The maximum Gasteiger partial charge on any atom is 0.220 e. The fourth-order valence-electron chi connectivity index (χ4n) is 3.73. The number of unbranched alkanes of at least 4 members (excludes halogenated alkanes) is 13. The number of carbonyl (C=O) groups is 3. The molecule has 0 spiro atoms. The topological polar surface area (TPSA) is 113 Å². The Balaban J connectivity index is 3.23. The quantitative estimate of drug-likeness (QED) is 0.149. The molecule has 0 aliphatic heterocycles. The molecule has 33 heavy (non-hydrogen) atoms. The van der Waals surface area contributed by atoms with Gasteiger partial charge in [0.2, 0.25) is 17.7 Å². The molecule has 0 saturated carbocycles. The molecular formula is C26H52N4O3. The van der Waals surface area contributed by atoms with E-state index in [1.54, 1.807) is 0 Å². The molecule has 3 amide bonds. The molecule has 0 fully saturated rings. The first kappa shape index (κ1) is 31.4. The zero-order chi connectivity index (χ0) is 24.4. The van der Waals surface area contributed by atoms with Crippen molar-refractivity contribution >= 4 is 17.7 Å². The third kappa shape index (κ3) is 26.5. The Morgan fingerprint density at radius 3 is 1.61 bits per heavy atom. The standard InChI is InChI=1S/C26H52N4O3/c1-2-3-4-5-6-7-8-9-10-11-14-17-25(32)30-23-22-28-20-15-12-13-16-21-29-26(33)19-18-24(27)31/h28H,2-23H2,1H3,(H2,27,31)(H,29,33)(H,30,32). The Hall–Kier alpha value is -1.63. The molecule has 0 bridgehead atoms. The molecule has 0 aromatic heterocycles.